The Hall–Kier alpha value is -1.37. The van der Waals surface area contributed by atoms with Crippen molar-refractivity contribution in [2.45, 2.75) is 36.5 Å². The summed E-state index contributed by atoms with van der Waals surface area (Å²) >= 11 is 17.0. The van der Waals surface area contributed by atoms with Gasteiger partial charge in [-0.15, -0.1) is 0 Å². The van der Waals surface area contributed by atoms with Crippen molar-refractivity contribution in [1.82, 2.24) is 10.3 Å². The van der Waals surface area contributed by atoms with Gasteiger partial charge in [-0.3, -0.25) is 4.90 Å². The van der Waals surface area contributed by atoms with Crippen LogP contribution in [0.25, 0.3) is 0 Å². The number of hydrazone groups is 1. The molecule has 1 aromatic rings. The first-order valence-corrected chi connectivity index (χ1v) is 10.0. The van der Waals surface area contributed by atoms with E-state index in [2.05, 4.69) is 17.5 Å². The van der Waals surface area contributed by atoms with Gasteiger partial charge in [0.25, 0.3) is 0 Å². The monoisotopic (exact) mass is 435 g/mol. The van der Waals surface area contributed by atoms with E-state index in [9.17, 15) is 4.79 Å². The normalized spacial score (nSPS) is 16.5. The minimum atomic E-state index is -1.65. The fraction of sp³-hybridized carbons (Fsp3) is 0.556. The molecule has 6 nitrogen and oxygen atoms in total. The lowest BCUT2D eigenvalue weighted by Crippen LogP contribution is -2.47. The lowest BCUT2D eigenvalue weighted by Gasteiger charge is -2.29. The minimum Gasteiger partial charge on any atom is -0.494 e. The molecule has 27 heavy (non-hydrogen) atoms. The summed E-state index contributed by atoms with van der Waals surface area (Å²) in [5.74, 6) is 0.802. The number of benzene rings is 1. The Morgan fingerprint density at radius 2 is 1.96 bits per heavy atom. The number of nitrogens with one attached hydrogen (secondary N) is 1. The maximum atomic E-state index is 12.5. The highest BCUT2D eigenvalue weighted by Gasteiger charge is 2.34. The summed E-state index contributed by atoms with van der Waals surface area (Å²) < 4.78 is 9.13. The van der Waals surface area contributed by atoms with E-state index in [1.54, 1.807) is 4.90 Å². The predicted octanol–water partition coefficient (Wildman–Crippen LogP) is 4.37. The van der Waals surface area contributed by atoms with Gasteiger partial charge in [0.05, 0.1) is 24.9 Å². The van der Waals surface area contributed by atoms with Crippen LogP contribution in [0.2, 0.25) is 0 Å². The molecule has 0 saturated heterocycles. The SMILES string of the molecule is CCCOc1ccc(C2=NNCC2N(CCC)C(=O)OCC(Cl)(Cl)Cl)cc1. The average Bonchev–Trinajstić information content (AvgIpc) is 3.11. The summed E-state index contributed by atoms with van der Waals surface area (Å²) in [6.45, 7) is 5.39. The number of ether oxygens (including phenoxy) is 2. The van der Waals surface area contributed by atoms with E-state index in [1.165, 1.54) is 0 Å². The minimum absolute atomic E-state index is 0.268. The van der Waals surface area contributed by atoms with Crippen molar-refractivity contribution in [1.29, 1.82) is 0 Å². The van der Waals surface area contributed by atoms with Crippen LogP contribution in [0.15, 0.2) is 29.4 Å². The van der Waals surface area contributed by atoms with Crippen LogP contribution in [-0.2, 0) is 4.74 Å². The molecule has 9 heteroatoms. The molecule has 0 spiro atoms. The molecule has 0 saturated carbocycles. The highest BCUT2D eigenvalue weighted by Crippen LogP contribution is 2.26. The molecule has 1 amide bonds. The Morgan fingerprint density at radius 3 is 2.56 bits per heavy atom. The van der Waals surface area contributed by atoms with Gasteiger partial charge in [-0.2, -0.15) is 5.10 Å². The first-order chi connectivity index (χ1) is 12.9. The summed E-state index contributed by atoms with van der Waals surface area (Å²) in [5.41, 5.74) is 4.63. The lowest BCUT2D eigenvalue weighted by atomic mass is 10.0. The van der Waals surface area contributed by atoms with Crippen LogP contribution >= 0.6 is 34.8 Å². The van der Waals surface area contributed by atoms with Gasteiger partial charge in [-0.25, -0.2) is 4.79 Å². The van der Waals surface area contributed by atoms with Gasteiger partial charge in [0.2, 0.25) is 3.79 Å². The van der Waals surface area contributed by atoms with Crippen LogP contribution in [0.3, 0.4) is 0 Å². The van der Waals surface area contributed by atoms with Crippen molar-refractivity contribution < 1.29 is 14.3 Å². The largest absolute Gasteiger partial charge is 0.494 e. The van der Waals surface area contributed by atoms with Crippen LogP contribution in [0, 0.1) is 0 Å². The highest BCUT2D eigenvalue weighted by molar-refractivity contribution is 6.67. The van der Waals surface area contributed by atoms with Crippen molar-refractivity contribution in [2.24, 2.45) is 5.10 Å². The zero-order valence-corrected chi connectivity index (χ0v) is 17.7. The van der Waals surface area contributed by atoms with Crippen LogP contribution in [0.4, 0.5) is 4.79 Å². The van der Waals surface area contributed by atoms with E-state index >= 15 is 0 Å². The summed E-state index contributed by atoms with van der Waals surface area (Å²) in [6, 6.07) is 7.39. The van der Waals surface area contributed by atoms with Crippen LogP contribution in [0.5, 0.6) is 5.75 Å². The summed E-state index contributed by atoms with van der Waals surface area (Å²) in [4.78, 5) is 14.1. The van der Waals surface area contributed by atoms with Gasteiger partial charge < -0.3 is 14.9 Å². The van der Waals surface area contributed by atoms with E-state index < -0.39 is 9.89 Å². The molecule has 1 N–H and O–H groups in total. The number of hydrogen-bond acceptors (Lipinski definition) is 5. The molecule has 1 heterocycles. The number of carbonyl (C=O) groups excluding carboxylic acids is 1. The van der Waals surface area contributed by atoms with Crippen molar-refractivity contribution in [3.8, 4) is 5.75 Å². The Bertz CT molecular complexity index is 647. The topological polar surface area (TPSA) is 63.2 Å². The van der Waals surface area contributed by atoms with Crippen molar-refractivity contribution >= 4 is 46.6 Å². The molecule has 0 bridgehead atoms. The predicted molar refractivity (Wildman–Crippen MR) is 109 cm³/mol. The number of carbonyl (C=O) groups is 1. The molecule has 2 rings (SSSR count). The van der Waals surface area contributed by atoms with Crippen molar-refractivity contribution in [3.05, 3.63) is 29.8 Å². The second-order valence-electron chi connectivity index (χ2n) is 6.11. The number of hydrogen-bond donors (Lipinski definition) is 1. The molecule has 1 unspecified atom stereocenters. The number of rotatable bonds is 8. The summed E-state index contributed by atoms with van der Waals surface area (Å²) in [7, 11) is 0. The Labute approximate surface area is 174 Å². The lowest BCUT2D eigenvalue weighted by molar-refractivity contribution is 0.0984. The van der Waals surface area contributed by atoms with Gasteiger partial charge in [0.1, 0.15) is 12.4 Å². The van der Waals surface area contributed by atoms with E-state index in [0.29, 0.717) is 19.7 Å². The fourth-order valence-corrected chi connectivity index (χ4v) is 2.85. The Morgan fingerprint density at radius 1 is 1.26 bits per heavy atom. The Balaban J connectivity index is 2.12. The van der Waals surface area contributed by atoms with Crippen molar-refractivity contribution in [3.63, 3.8) is 0 Å². The number of alkyl halides is 3. The number of nitrogens with zero attached hydrogens (tertiary/aromatic N) is 2. The average molecular weight is 437 g/mol. The maximum Gasteiger partial charge on any atom is 0.410 e. The van der Waals surface area contributed by atoms with Crippen LogP contribution < -0.4 is 10.2 Å². The van der Waals surface area contributed by atoms with E-state index in [0.717, 1.165) is 29.9 Å². The second kappa shape index (κ2) is 10.2. The van der Waals surface area contributed by atoms with Gasteiger partial charge in [-0.05, 0) is 37.1 Å². The highest BCUT2D eigenvalue weighted by atomic mass is 35.6. The molecule has 0 fully saturated rings. The van der Waals surface area contributed by atoms with Gasteiger partial charge in [-0.1, -0.05) is 48.7 Å². The zero-order valence-electron chi connectivity index (χ0n) is 15.4. The zero-order chi connectivity index (χ0) is 19.9. The summed E-state index contributed by atoms with van der Waals surface area (Å²) in [5, 5.41) is 4.37. The molecular weight excluding hydrogens is 413 g/mol. The molecule has 0 aromatic heterocycles. The smallest absolute Gasteiger partial charge is 0.410 e. The van der Waals surface area contributed by atoms with E-state index in [4.69, 9.17) is 44.3 Å². The first-order valence-electron chi connectivity index (χ1n) is 8.89. The molecular formula is C18H24Cl3N3O3. The first kappa shape index (κ1) is 21.9. The van der Waals surface area contributed by atoms with E-state index in [-0.39, 0.29) is 12.6 Å². The van der Waals surface area contributed by atoms with Gasteiger partial charge in [0, 0.05) is 12.1 Å². The molecule has 0 radical (unpaired) electrons. The quantitative estimate of drug-likeness (QED) is 0.615. The molecule has 150 valence electrons. The van der Waals surface area contributed by atoms with Gasteiger partial charge >= 0.3 is 6.09 Å². The third-order valence-corrected chi connectivity index (χ3v) is 4.18. The van der Waals surface area contributed by atoms with Crippen LogP contribution in [-0.4, -0.2) is 52.8 Å². The maximum absolute atomic E-state index is 12.5. The Kier molecular flexibility index (Phi) is 8.32. The summed E-state index contributed by atoms with van der Waals surface area (Å²) in [6.07, 6.45) is 1.17. The van der Waals surface area contributed by atoms with Crippen molar-refractivity contribution in [2.75, 3.05) is 26.3 Å². The standard InChI is InChI=1S/C18H24Cl3N3O3/c1-3-9-24(17(25)27-12-18(19,20)21)15-11-22-23-16(15)13-5-7-14(8-6-13)26-10-4-2/h5-8,15,22H,3-4,9-12H2,1-2H3. The molecule has 1 atom stereocenters. The van der Waals surface area contributed by atoms with Crippen LogP contribution in [0.1, 0.15) is 32.3 Å². The fourth-order valence-electron chi connectivity index (χ4n) is 2.69. The third-order valence-electron chi connectivity index (χ3n) is 3.86. The third kappa shape index (κ3) is 6.63. The van der Waals surface area contributed by atoms with Gasteiger partial charge in [0.15, 0.2) is 0 Å². The van der Waals surface area contributed by atoms with E-state index in [1.807, 2.05) is 31.2 Å². The molecule has 1 aliphatic rings. The molecule has 1 aromatic carbocycles. The number of halogens is 3. The molecule has 1 aliphatic heterocycles. The number of amides is 1. The molecule has 0 aliphatic carbocycles. The second-order valence-corrected chi connectivity index (χ2v) is 8.63.